The minimum atomic E-state index is 0.109. The Balaban J connectivity index is 2.03. The van der Waals surface area contributed by atoms with Gasteiger partial charge in [-0.3, -0.25) is 10.00 Å². The number of piperidine rings is 1. The second-order valence-corrected chi connectivity index (χ2v) is 6.45. The van der Waals surface area contributed by atoms with Crippen LogP contribution in [0.25, 0.3) is 0 Å². The molecule has 0 amide bonds. The Hall–Kier alpha value is -0.870. The van der Waals surface area contributed by atoms with E-state index in [1.165, 1.54) is 17.7 Å². The van der Waals surface area contributed by atoms with E-state index in [4.69, 9.17) is 0 Å². The molecular weight excluding hydrogens is 226 g/mol. The fourth-order valence-corrected chi connectivity index (χ4v) is 2.77. The van der Waals surface area contributed by atoms with Crippen molar-refractivity contribution in [1.82, 2.24) is 15.1 Å². The molecule has 1 aliphatic rings. The monoisotopic (exact) mass is 251 g/mol. The summed E-state index contributed by atoms with van der Waals surface area (Å²) < 4.78 is 0. The number of nitrogens with one attached hydrogen (secondary N) is 1. The Bertz CT molecular complexity index is 381. The van der Waals surface area contributed by atoms with Crippen molar-refractivity contribution in [3.8, 4) is 0 Å². The summed E-state index contributed by atoms with van der Waals surface area (Å²) in [6, 6.07) is 0. The highest BCUT2D eigenvalue weighted by Crippen LogP contribution is 2.25. The van der Waals surface area contributed by atoms with Gasteiger partial charge in [-0.2, -0.15) is 5.10 Å². The quantitative estimate of drug-likeness (QED) is 0.863. The van der Waals surface area contributed by atoms with Crippen molar-refractivity contribution >= 4 is 0 Å². The summed E-state index contributed by atoms with van der Waals surface area (Å²) in [6.45, 7) is 10.0. The third-order valence-electron chi connectivity index (χ3n) is 3.72. The number of aromatic amines is 1. The minimum Gasteiger partial charge on any atom is -0.396 e. The maximum absolute atomic E-state index is 9.27. The van der Waals surface area contributed by atoms with Crippen LogP contribution >= 0.6 is 0 Å². The summed E-state index contributed by atoms with van der Waals surface area (Å²) >= 11 is 0. The van der Waals surface area contributed by atoms with Crippen LogP contribution in [-0.4, -0.2) is 39.9 Å². The zero-order valence-electron chi connectivity index (χ0n) is 11.7. The van der Waals surface area contributed by atoms with Gasteiger partial charge in [-0.25, -0.2) is 0 Å². The molecule has 1 unspecified atom stereocenters. The number of rotatable bonds is 3. The van der Waals surface area contributed by atoms with Crippen LogP contribution in [0.1, 0.15) is 44.9 Å². The molecule has 2 N–H and O–H groups in total. The number of nitrogens with zero attached hydrogens (tertiary/aromatic N) is 2. The lowest BCUT2D eigenvalue weighted by Gasteiger charge is -2.32. The predicted molar refractivity (Wildman–Crippen MR) is 72.4 cm³/mol. The lowest BCUT2D eigenvalue weighted by molar-refractivity contribution is 0.115. The second-order valence-electron chi connectivity index (χ2n) is 6.45. The van der Waals surface area contributed by atoms with Crippen molar-refractivity contribution in [2.45, 2.75) is 45.6 Å². The summed E-state index contributed by atoms with van der Waals surface area (Å²) in [7, 11) is 0. The summed E-state index contributed by atoms with van der Waals surface area (Å²) in [5.41, 5.74) is 2.63. The highest BCUT2D eigenvalue weighted by molar-refractivity contribution is 5.23. The van der Waals surface area contributed by atoms with Crippen LogP contribution < -0.4 is 0 Å². The van der Waals surface area contributed by atoms with Crippen molar-refractivity contribution < 1.29 is 5.11 Å². The summed E-state index contributed by atoms with van der Waals surface area (Å²) in [5.74, 6) is 0.448. The van der Waals surface area contributed by atoms with E-state index in [0.717, 1.165) is 26.1 Å². The van der Waals surface area contributed by atoms with Crippen LogP contribution in [0, 0.1) is 5.92 Å². The lowest BCUT2D eigenvalue weighted by Crippen LogP contribution is -2.36. The third-order valence-corrected chi connectivity index (χ3v) is 3.72. The lowest BCUT2D eigenvalue weighted by atomic mass is 9.89. The normalized spacial score (nSPS) is 22.3. The number of H-pyrrole nitrogens is 1. The van der Waals surface area contributed by atoms with Gasteiger partial charge in [0.1, 0.15) is 0 Å². The van der Waals surface area contributed by atoms with Crippen LogP contribution in [0.2, 0.25) is 0 Å². The molecule has 0 radical (unpaired) electrons. The van der Waals surface area contributed by atoms with E-state index in [-0.39, 0.29) is 5.41 Å². The Morgan fingerprint density at radius 2 is 2.28 bits per heavy atom. The first-order valence-electron chi connectivity index (χ1n) is 6.86. The summed E-state index contributed by atoms with van der Waals surface area (Å²) in [4.78, 5) is 2.44. The van der Waals surface area contributed by atoms with Crippen LogP contribution in [0.3, 0.4) is 0 Å². The van der Waals surface area contributed by atoms with Crippen molar-refractivity contribution in [2.24, 2.45) is 5.92 Å². The SMILES string of the molecule is CC(C)(C)c1[nH]ncc1CN1CCCC(CO)C1. The van der Waals surface area contributed by atoms with Crippen LogP contribution in [0.15, 0.2) is 6.20 Å². The van der Waals surface area contributed by atoms with Crippen molar-refractivity contribution in [1.29, 1.82) is 0 Å². The molecule has 1 aromatic rings. The Labute approximate surface area is 109 Å². The van der Waals surface area contributed by atoms with E-state index >= 15 is 0 Å². The Morgan fingerprint density at radius 1 is 1.50 bits per heavy atom. The molecule has 4 nitrogen and oxygen atoms in total. The van der Waals surface area contributed by atoms with E-state index in [2.05, 4.69) is 35.9 Å². The fourth-order valence-electron chi connectivity index (χ4n) is 2.77. The molecule has 0 spiro atoms. The van der Waals surface area contributed by atoms with Crippen LogP contribution in [0.4, 0.5) is 0 Å². The largest absolute Gasteiger partial charge is 0.396 e. The van der Waals surface area contributed by atoms with Gasteiger partial charge in [0, 0.05) is 36.4 Å². The van der Waals surface area contributed by atoms with Gasteiger partial charge in [0.15, 0.2) is 0 Å². The highest BCUT2D eigenvalue weighted by atomic mass is 16.3. The number of aliphatic hydroxyl groups excluding tert-OH is 1. The third kappa shape index (κ3) is 3.12. The molecule has 1 aromatic heterocycles. The molecule has 0 bridgehead atoms. The molecule has 4 heteroatoms. The minimum absolute atomic E-state index is 0.109. The van der Waals surface area contributed by atoms with Gasteiger partial charge in [0.2, 0.25) is 0 Å². The molecule has 0 aliphatic carbocycles. The molecule has 102 valence electrons. The molecule has 2 rings (SSSR count). The van der Waals surface area contributed by atoms with Gasteiger partial charge in [0.05, 0.1) is 6.20 Å². The first kappa shape index (κ1) is 13.6. The van der Waals surface area contributed by atoms with Crippen molar-refractivity contribution in [3.63, 3.8) is 0 Å². The molecule has 0 saturated carbocycles. The van der Waals surface area contributed by atoms with E-state index < -0.39 is 0 Å². The van der Waals surface area contributed by atoms with Gasteiger partial charge < -0.3 is 5.11 Å². The maximum Gasteiger partial charge on any atom is 0.0535 e. The molecule has 1 aliphatic heterocycles. The Morgan fingerprint density at radius 3 is 2.94 bits per heavy atom. The van der Waals surface area contributed by atoms with Crippen molar-refractivity contribution in [2.75, 3.05) is 19.7 Å². The first-order chi connectivity index (χ1) is 8.50. The standard InChI is InChI=1S/C14H25N3O/c1-14(2,3)13-12(7-15-16-13)9-17-6-4-5-11(8-17)10-18/h7,11,18H,4-6,8-10H2,1-3H3,(H,15,16). The van der Waals surface area contributed by atoms with Gasteiger partial charge in [-0.1, -0.05) is 20.8 Å². The smallest absolute Gasteiger partial charge is 0.0535 e. The van der Waals surface area contributed by atoms with E-state index in [1.54, 1.807) is 0 Å². The molecule has 1 saturated heterocycles. The maximum atomic E-state index is 9.27. The number of aromatic nitrogens is 2. The van der Waals surface area contributed by atoms with Gasteiger partial charge >= 0.3 is 0 Å². The second kappa shape index (κ2) is 5.41. The highest BCUT2D eigenvalue weighted by Gasteiger charge is 2.24. The zero-order chi connectivity index (χ0) is 13.2. The molecular formula is C14H25N3O. The summed E-state index contributed by atoms with van der Waals surface area (Å²) in [5, 5.41) is 16.6. The number of hydrogen-bond acceptors (Lipinski definition) is 3. The molecule has 1 fully saturated rings. The fraction of sp³-hybridized carbons (Fsp3) is 0.786. The molecule has 1 atom stereocenters. The molecule has 18 heavy (non-hydrogen) atoms. The van der Waals surface area contributed by atoms with Gasteiger partial charge in [-0.05, 0) is 25.3 Å². The van der Waals surface area contributed by atoms with Crippen LogP contribution in [-0.2, 0) is 12.0 Å². The van der Waals surface area contributed by atoms with E-state index in [0.29, 0.717) is 12.5 Å². The van der Waals surface area contributed by atoms with Crippen molar-refractivity contribution in [3.05, 3.63) is 17.5 Å². The number of aliphatic hydroxyl groups is 1. The average molecular weight is 251 g/mol. The first-order valence-corrected chi connectivity index (χ1v) is 6.86. The predicted octanol–water partition coefficient (Wildman–Crippen LogP) is 1.91. The Kier molecular flexibility index (Phi) is 4.07. The van der Waals surface area contributed by atoms with Gasteiger partial charge in [-0.15, -0.1) is 0 Å². The average Bonchev–Trinajstić information content (AvgIpc) is 2.77. The van der Waals surface area contributed by atoms with Gasteiger partial charge in [0.25, 0.3) is 0 Å². The number of hydrogen-bond donors (Lipinski definition) is 2. The molecule has 0 aromatic carbocycles. The van der Waals surface area contributed by atoms with Crippen LogP contribution in [0.5, 0.6) is 0 Å². The molecule has 2 heterocycles. The van der Waals surface area contributed by atoms with E-state index in [9.17, 15) is 5.11 Å². The topological polar surface area (TPSA) is 52.2 Å². The summed E-state index contributed by atoms with van der Waals surface area (Å²) in [6.07, 6.45) is 4.29. The number of likely N-dealkylation sites (tertiary alicyclic amines) is 1. The van der Waals surface area contributed by atoms with E-state index in [1.807, 2.05) is 6.20 Å². The zero-order valence-corrected chi connectivity index (χ0v) is 11.7.